The fraction of sp³-hybridized carbons (Fsp3) is 0.818. The van der Waals surface area contributed by atoms with Gasteiger partial charge in [-0.2, -0.15) is 5.26 Å². The van der Waals surface area contributed by atoms with Crippen LogP contribution in [0.15, 0.2) is 0 Å². The molecule has 0 aromatic rings. The van der Waals surface area contributed by atoms with Crippen molar-refractivity contribution in [2.75, 3.05) is 31.6 Å². The molecular weight excluding hydrogens is 254 g/mol. The van der Waals surface area contributed by atoms with Gasteiger partial charge in [-0.25, -0.2) is 13.2 Å². The molecular formula is C11H19N3O3S. The van der Waals surface area contributed by atoms with Crippen LogP contribution in [0.3, 0.4) is 0 Å². The Hall–Kier alpha value is -1.29. The molecule has 0 aromatic heterocycles. The molecule has 6 nitrogen and oxygen atoms in total. The van der Waals surface area contributed by atoms with Crippen molar-refractivity contribution in [3.05, 3.63) is 0 Å². The highest BCUT2D eigenvalue weighted by atomic mass is 32.2. The standard InChI is InChI=1S/C11H19N3O3S/c1-9(5-12)7-14(2)11(15)13-6-10-3-4-18(16,17)8-10/h9-10H,3-4,6-8H2,1-2H3,(H,13,15)/t9-,10+/m0/s1. The van der Waals surface area contributed by atoms with E-state index < -0.39 is 9.84 Å². The third-order valence-corrected chi connectivity index (χ3v) is 4.82. The Labute approximate surface area is 108 Å². The first-order valence-electron chi connectivity index (χ1n) is 5.93. The summed E-state index contributed by atoms with van der Waals surface area (Å²) in [6.07, 6.45) is 0.612. The fourth-order valence-corrected chi connectivity index (χ4v) is 3.80. The number of hydrogen-bond acceptors (Lipinski definition) is 4. The number of sulfone groups is 1. The molecule has 0 aliphatic carbocycles. The number of nitriles is 1. The SMILES string of the molecule is C[C@@H](C#N)CN(C)C(=O)NC[C@H]1CCS(=O)(=O)C1. The zero-order valence-electron chi connectivity index (χ0n) is 10.7. The van der Waals surface area contributed by atoms with Crippen LogP contribution in [-0.4, -0.2) is 51.0 Å². The van der Waals surface area contributed by atoms with Gasteiger partial charge >= 0.3 is 6.03 Å². The molecule has 1 heterocycles. The number of carbonyl (C=O) groups is 1. The van der Waals surface area contributed by atoms with Crippen LogP contribution in [-0.2, 0) is 9.84 Å². The van der Waals surface area contributed by atoms with E-state index >= 15 is 0 Å². The van der Waals surface area contributed by atoms with Crippen molar-refractivity contribution in [2.45, 2.75) is 13.3 Å². The van der Waals surface area contributed by atoms with Crippen molar-refractivity contribution in [3.8, 4) is 6.07 Å². The van der Waals surface area contributed by atoms with Gasteiger partial charge in [-0.3, -0.25) is 0 Å². The fourth-order valence-electron chi connectivity index (χ4n) is 1.93. The van der Waals surface area contributed by atoms with Gasteiger partial charge in [0.25, 0.3) is 0 Å². The van der Waals surface area contributed by atoms with Crippen LogP contribution in [0.2, 0.25) is 0 Å². The minimum Gasteiger partial charge on any atom is -0.338 e. The highest BCUT2D eigenvalue weighted by Gasteiger charge is 2.28. The van der Waals surface area contributed by atoms with E-state index in [0.717, 1.165) is 0 Å². The third kappa shape index (κ3) is 4.53. The Morgan fingerprint density at radius 3 is 2.78 bits per heavy atom. The van der Waals surface area contributed by atoms with E-state index in [1.807, 2.05) is 0 Å². The molecule has 7 heteroatoms. The molecule has 1 aliphatic rings. The monoisotopic (exact) mass is 273 g/mol. The summed E-state index contributed by atoms with van der Waals surface area (Å²) in [4.78, 5) is 13.1. The normalized spacial score (nSPS) is 23.1. The van der Waals surface area contributed by atoms with E-state index in [-0.39, 0.29) is 29.4 Å². The van der Waals surface area contributed by atoms with Gasteiger partial charge in [0.05, 0.1) is 23.5 Å². The Balaban J connectivity index is 2.31. The smallest absolute Gasteiger partial charge is 0.317 e. The van der Waals surface area contributed by atoms with Gasteiger partial charge in [0.2, 0.25) is 0 Å². The second kappa shape index (κ2) is 6.05. The summed E-state index contributed by atoms with van der Waals surface area (Å²) < 4.78 is 22.5. The minimum atomic E-state index is -2.89. The topological polar surface area (TPSA) is 90.3 Å². The minimum absolute atomic E-state index is 0.0146. The van der Waals surface area contributed by atoms with Gasteiger partial charge in [-0.15, -0.1) is 0 Å². The van der Waals surface area contributed by atoms with Crippen LogP contribution in [0.1, 0.15) is 13.3 Å². The Bertz CT molecular complexity index is 441. The third-order valence-electron chi connectivity index (χ3n) is 2.98. The lowest BCUT2D eigenvalue weighted by atomic mass is 10.1. The summed E-state index contributed by atoms with van der Waals surface area (Å²) in [5.41, 5.74) is 0. The number of hydrogen-bond donors (Lipinski definition) is 1. The zero-order chi connectivity index (χ0) is 13.8. The lowest BCUT2D eigenvalue weighted by Crippen LogP contribution is -2.41. The quantitative estimate of drug-likeness (QED) is 0.793. The van der Waals surface area contributed by atoms with E-state index in [2.05, 4.69) is 11.4 Å². The lowest BCUT2D eigenvalue weighted by molar-refractivity contribution is 0.204. The highest BCUT2D eigenvalue weighted by molar-refractivity contribution is 7.91. The highest BCUT2D eigenvalue weighted by Crippen LogP contribution is 2.17. The van der Waals surface area contributed by atoms with Crippen LogP contribution in [0.5, 0.6) is 0 Å². The van der Waals surface area contributed by atoms with Crippen molar-refractivity contribution < 1.29 is 13.2 Å². The van der Waals surface area contributed by atoms with Crippen LogP contribution in [0, 0.1) is 23.2 Å². The van der Waals surface area contributed by atoms with Crippen LogP contribution in [0.25, 0.3) is 0 Å². The van der Waals surface area contributed by atoms with Crippen LogP contribution >= 0.6 is 0 Å². The average Bonchev–Trinajstić information content (AvgIpc) is 2.65. The number of urea groups is 1. The molecule has 0 aromatic carbocycles. The van der Waals surface area contributed by atoms with Crippen molar-refractivity contribution >= 4 is 15.9 Å². The number of nitrogens with zero attached hydrogens (tertiary/aromatic N) is 2. The molecule has 1 rings (SSSR count). The van der Waals surface area contributed by atoms with Gasteiger partial charge in [-0.1, -0.05) is 0 Å². The molecule has 0 bridgehead atoms. The summed E-state index contributed by atoms with van der Waals surface area (Å²) in [6, 6.07) is 1.80. The Morgan fingerprint density at radius 1 is 1.61 bits per heavy atom. The molecule has 1 fully saturated rings. The molecule has 1 aliphatic heterocycles. The largest absolute Gasteiger partial charge is 0.338 e. The number of carbonyl (C=O) groups excluding carboxylic acids is 1. The predicted octanol–water partition coefficient (Wildman–Crippen LogP) is 0.222. The van der Waals surface area contributed by atoms with Gasteiger partial charge < -0.3 is 10.2 Å². The molecule has 1 N–H and O–H groups in total. The van der Waals surface area contributed by atoms with E-state index in [4.69, 9.17) is 5.26 Å². The van der Waals surface area contributed by atoms with E-state index in [9.17, 15) is 13.2 Å². The summed E-state index contributed by atoms with van der Waals surface area (Å²) in [6.45, 7) is 2.49. The van der Waals surface area contributed by atoms with Crippen molar-refractivity contribution in [1.82, 2.24) is 10.2 Å². The van der Waals surface area contributed by atoms with E-state index in [1.165, 1.54) is 4.90 Å². The van der Waals surface area contributed by atoms with Crippen LogP contribution in [0.4, 0.5) is 4.79 Å². The summed E-state index contributed by atoms with van der Waals surface area (Å²) in [7, 11) is -1.27. The molecule has 102 valence electrons. The van der Waals surface area contributed by atoms with Gasteiger partial charge in [0.15, 0.2) is 9.84 Å². The lowest BCUT2D eigenvalue weighted by Gasteiger charge is -2.20. The molecule has 0 radical (unpaired) electrons. The molecule has 1 saturated heterocycles. The van der Waals surface area contributed by atoms with Crippen molar-refractivity contribution in [1.29, 1.82) is 5.26 Å². The number of nitrogens with one attached hydrogen (secondary N) is 1. The first-order valence-corrected chi connectivity index (χ1v) is 7.75. The first kappa shape index (κ1) is 14.8. The molecule has 0 saturated carbocycles. The summed E-state index contributed by atoms with van der Waals surface area (Å²) in [5.74, 6) is 0.175. The van der Waals surface area contributed by atoms with Crippen molar-refractivity contribution in [2.24, 2.45) is 11.8 Å². The van der Waals surface area contributed by atoms with Gasteiger partial charge in [0.1, 0.15) is 0 Å². The maximum atomic E-state index is 11.7. The van der Waals surface area contributed by atoms with Gasteiger partial charge in [0, 0.05) is 20.1 Å². The van der Waals surface area contributed by atoms with Gasteiger partial charge in [-0.05, 0) is 19.3 Å². The molecule has 2 amide bonds. The van der Waals surface area contributed by atoms with E-state index in [0.29, 0.717) is 19.5 Å². The second-order valence-corrected chi connectivity index (χ2v) is 7.09. The summed E-state index contributed by atoms with van der Waals surface area (Å²) in [5, 5.41) is 11.4. The Morgan fingerprint density at radius 2 is 2.28 bits per heavy atom. The maximum absolute atomic E-state index is 11.7. The Kier molecular flexibility index (Phi) is 4.96. The molecule has 18 heavy (non-hydrogen) atoms. The maximum Gasteiger partial charge on any atom is 0.317 e. The second-order valence-electron chi connectivity index (χ2n) is 4.87. The number of amides is 2. The molecule has 0 unspecified atom stereocenters. The molecule has 0 spiro atoms. The average molecular weight is 273 g/mol. The zero-order valence-corrected chi connectivity index (χ0v) is 11.5. The van der Waals surface area contributed by atoms with Crippen LogP contribution < -0.4 is 5.32 Å². The molecule has 2 atom stereocenters. The first-order chi connectivity index (χ1) is 8.34. The summed E-state index contributed by atoms with van der Waals surface area (Å²) >= 11 is 0. The predicted molar refractivity (Wildman–Crippen MR) is 67.6 cm³/mol. The van der Waals surface area contributed by atoms with E-state index in [1.54, 1.807) is 14.0 Å². The van der Waals surface area contributed by atoms with Crippen molar-refractivity contribution in [3.63, 3.8) is 0 Å². The number of rotatable bonds is 4.